The van der Waals surface area contributed by atoms with Gasteiger partial charge in [-0.1, -0.05) is 43.7 Å². The Hall–Kier alpha value is -1.92. The molecule has 7 heteroatoms. The summed E-state index contributed by atoms with van der Waals surface area (Å²) >= 11 is 6.09. The predicted molar refractivity (Wildman–Crippen MR) is 117 cm³/mol. The quantitative estimate of drug-likeness (QED) is 0.703. The molecule has 2 atom stereocenters. The monoisotopic (exact) mass is 428 g/mol. The Kier molecular flexibility index (Phi) is 5.31. The van der Waals surface area contributed by atoms with Crippen LogP contribution in [0.15, 0.2) is 24.3 Å². The highest BCUT2D eigenvalue weighted by Crippen LogP contribution is 2.53. The summed E-state index contributed by atoms with van der Waals surface area (Å²) < 4.78 is 7.36. The molecule has 0 N–H and O–H groups in total. The number of aromatic nitrogens is 3. The first-order valence-electron chi connectivity index (χ1n) is 11.2. The smallest absolute Gasteiger partial charge is 0.255 e. The van der Waals surface area contributed by atoms with E-state index in [1.165, 1.54) is 25.7 Å². The highest BCUT2D eigenvalue weighted by Gasteiger charge is 2.55. The Morgan fingerprint density at radius 1 is 1.13 bits per heavy atom. The van der Waals surface area contributed by atoms with Gasteiger partial charge in [-0.2, -0.15) is 4.98 Å². The Morgan fingerprint density at radius 2 is 1.87 bits per heavy atom. The number of fused-ring (bicyclic) bond motifs is 4. The fourth-order valence-electron chi connectivity index (χ4n) is 6.07. The minimum atomic E-state index is -0.0276. The van der Waals surface area contributed by atoms with Crippen LogP contribution < -0.4 is 4.90 Å². The molecule has 1 amide bonds. The molecule has 2 fully saturated rings. The first-order chi connectivity index (χ1) is 14.6. The van der Waals surface area contributed by atoms with Gasteiger partial charge in [0.05, 0.1) is 5.54 Å². The van der Waals surface area contributed by atoms with Crippen molar-refractivity contribution in [3.05, 3.63) is 29.3 Å². The molecule has 1 aromatic heterocycles. The molecule has 1 aliphatic heterocycles. The van der Waals surface area contributed by atoms with Crippen LogP contribution in [0.3, 0.4) is 0 Å². The third-order valence-corrected chi connectivity index (χ3v) is 7.59. The largest absolute Gasteiger partial charge is 0.375 e. The van der Waals surface area contributed by atoms with Crippen LogP contribution in [0.1, 0.15) is 57.8 Å². The highest BCUT2D eigenvalue weighted by molar-refractivity contribution is 6.30. The van der Waals surface area contributed by atoms with Gasteiger partial charge in [0, 0.05) is 29.7 Å². The highest BCUT2D eigenvalue weighted by atomic mass is 35.5. The molecule has 5 rings (SSSR count). The second kappa shape index (κ2) is 7.97. The van der Waals surface area contributed by atoms with Gasteiger partial charge in [-0.15, -0.1) is 5.10 Å². The lowest BCUT2D eigenvalue weighted by atomic mass is 9.64. The number of halogens is 1. The van der Waals surface area contributed by atoms with Crippen molar-refractivity contribution in [2.24, 2.45) is 5.92 Å². The van der Waals surface area contributed by atoms with Crippen molar-refractivity contribution < 1.29 is 9.53 Å². The lowest BCUT2D eigenvalue weighted by Crippen LogP contribution is -2.62. The Labute approximate surface area is 182 Å². The first-order valence-corrected chi connectivity index (χ1v) is 11.6. The number of hydrogen-bond acceptors (Lipinski definition) is 4. The summed E-state index contributed by atoms with van der Waals surface area (Å²) in [4.78, 5) is 20.0. The first kappa shape index (κ1) is 20.0. The molecule has 2 heterocycles. The van der Waals surface area contributed by atoms with E-state index >= 15 is 0 Å². The number of carbonyl (C=O) groups excluding carboxylic acids is 1. The number of carbonyl (C=O) groups is 1. The number of ether oxygens (including phenoxy) is 1. The van der Waals surface area contributed by atoms with Gasteiger partial charge < -0.3 is 4.74 Å². The van der Waals surface area contributed by atoms with Crippen molar-refractivity contribution in [2.45, 2.75) is 69.4 Å². The molecule has 2 aromatic rings. The van der Waals surface area contributed by atoms with Crippen LogP contribution in [-0.4, -0.2) is 40.4 Å². The van der Waals surface area contributed by atoms with Crippen LogP contribution in [0.25, 0.3) is 11.4 Å². The van der Waals surface area contributed by atoms with E-state index in [1.54, 1.807) is 7.11 Å². The summed E-state index contributed by atoms with van der Waals surface area (Å²) in [5.74, 6) is 1.78. The van der Waals surface area contributed by atoms with Gasteiger partial charge >= 0.3 is 0 Å². The molecule has 30 heavy (non-hydrogen) atoms. The van der Waals surface area contributed by atoms with Crippen molar-refractivity contribution in [1.82, 2.24) is 14.8 Å². The van der Waals surface area contributed by atoms with E-state index in [0.717, 1.165) is 37.7 Å². The number of hydrogen-bond donors (Lipinski definition) is 0. The topological polar surface area (TPSA) is 60.2 Å². The lowest BCUT2D eigenvalue weighted by Gasteiger charge is -2.55. The fraction of sp³-hybridized carbons (Fsp3) is 0.609. The van der Waals surface area contributed by atoms with Gasteiger partial charge in [-0.05, 0) is 49.9 Å². The summed E-state index contributed by atoms with van der Waals surface area (Å²) in [6.45, 7) is 0.0688. The molecule has 3 aliphatic rings. The molecule has 1 aromatic carbocycles. The number of amides is 1. The maximum absolute atomic E-state index is 13.2. The summed E-state index contributed by atoms with van der Waals surface area (Å²) in [7, 11) is 1.58. The van der Waals surface area contributed by atoms with E-state index in [2.05, 4.69) is 4.68 Å². The zero-order valence-electron chi connectivity index (χ0n) is 17.5. The normalized spacial score (nSPS) is 25.1. The van der Waals surface area contributed by atoms with E-state index < -0.39 is 0 Å². The number of benzene rings is 1. The Balaban J connectivity index is 1.67. The number of methoxy groups -OCH3 is 1. The Bertz CT molecular complexity index is 920. The van der Waals surface area contributed by atoms with Crippen molar-refractivity contribution in [3.63, 3.8) is 0 Å². The third kappa shape index (κ3) is 3.16. The zero-order valence-corrected chi connectivity index (χ0v) is 18.3. The fourth-order valence-corrected chi connectivity index (χ4v) is 6.19. The molecule has 0 bridgehead atoms. The standard InChI is InChI=1S/C23H29ClN4O2/c1-30-15-20(29)27-19-8-4-3-7-18(19)23(13-5-2-6-14-23)28-22(27)25-21(26-28)16-9-11-17(24)12-10-16/h9-12,18-19H,2-8,13-15H2,1H3. The molecule has 2 unspecified atom stereocenters. The SMILES string of the molecule is COCC(=O)N1c2nc(-c3ccc(Cl)cc3)nn2C2(CCCCC2)C2CCCCC21. The molecule has 160 valence electrons. The van der Waals surface area contributed by atoms with E-state index in [4.69, 9.17) is 26.4 Å². The van der Waals surface area contributed by atoms with Crippen molar-refractivity contribution in [1.29, 1.82) is 0 Å². The average molecular weight is 429 g/mol. The van der Waals surface area contributed by atoms with Crippen LogP contribution in [0.2, 0.25) is 5.02 Å². The van der Waals surface area contributed by atoms with Gasteiger partial charge in [-0.25, -0.2) is 4.68 Å². The minimum Gasteiger partial charge on any atom is -0.375 e. The second-order valence-corrected chi connectivity index (χ2v) is 9.41. The molecule has 2 saturated carbocycles. The zero-order chi connectivity index (χ0) is 20.7. The van der Waals surface area contributed by atoms with Gasteiger partial charge in [0.2, 0.25) is 5.95 Å². The van der Waals surface area contributed by atoms with Crippen molar-refractivity contribution >= 4 is 23.5 Å². The molecular formula is C23H29ClN4O2. The van der Waals surface area contributed by atoms with Crippen LogP contribution in [0.4, 0.5) is 5.95 Å². The molecule has 0 saturated heterocycles. The van der Waals surface area contributed by atoms with Gasteiger partial charge in [0.25, 0.3) is 5.91 Å². The van der Waals surface area contributed by atoms with Crippen LogP contribution in [0, 0.1) is 5.92 Å². The number of rotatable bonds is 3. The van der Waals surface area contributed by atoms with E-state index in [1.807, 2.05) is 29.2 Å². The lowest BCUT2D eigenvalue weighted by molar-refractivity contribution is -0.124. The molecule has 2 aliphatic carbocycles. The molecule has 1 spiro atoms. The predicted octanol–water partition coefficient (Wildman–Crippen LogP) is 4.81. The maximum atomic E-state index is 13.2. The van der Waals surface area contributed by atoms with Gasteiger partial charge in [0.1, 0.15) is 6.61 Å². The van der Waals surface area contributed by atoms with E-state index in [-0.39, 0.29) is 24.1 Å². The summed E-state index contributed by atoms with van der Waals surface area (Å²) in [5, 5.41) is 5.73. The summed E-state index contributed by atoms with van der Waals surface area (Å²) in [5.41, 5.74) is 0.898. The van der Waals surface area contributed by atoms with Crippen LogP contribution in [0.5, 0.6) is 0 Å². The molecule has 0 radical (unpaired) electrons. The third-order valence-electron chi connectivity index (χ3n) is 7.34. The Morgan fingerprint density at radius 3 is 2.60 bits per heavy atom. The summed E-state index contributed by atoms with van der Waals surface area (Å²) in [6, 6.07) is 7.81. The van der Waals surface area contributed by atoms with Gasteiger partial charge in [0.15, 0.2) is 5.82 Å². The summed E-state index contributed by atoms with van der Waals surface area (Å²) in [6.07, 6.45) is 10.5. The molecule has 6 nitrogen and oxygen atoms in total. The minimum absolute atomic E-state index is 0.0173. The number of anilines is 1. The number of nitrogens with zero attached hydrogens (tertiary/aromatic N) is 4. The van der Waals surface area contributed by atoms with Crippen molar-refractivity contribution in [3.8, 4) is 11.4 Å². The molecular weight excluding hydrogens is 400 g/mol. The van der Waals surface area contributed by atoms with Crippen molar-refractivity contribution in [2.75, 3.05) is 18.6 Å². The van der Waals surface area contributed by atoms with E-state index in [0.29, 0.717) is 22.7 Å². The second-order valence-electron chi connectivity index (χ2n) is 8.97. The van der Waals surface area contributed by atoms with E-state index in [9.17, 15) is 4.79 Å². The van der Waals surface area contributed by atoms with Crippen LogP contribution >= 0.6 is 11.6 Å². The van der Waals surface area contributed by atoms with Gasteiger partial charge in [-0.3, -0.25) is 9.69 Å². The maximum Gasteiger partial charge on any atom is 0.255 e. The van der Waals surface area contributed by atoms with Crippen LogP contribution in [-0.2, 0) is 15.1 Å². The average Bonchev–Trinajstić information content (AvgIpc) is 3.21.